The maximum atomic E-state index is 12.3. The van der Waals surface area contributed by atoms with E-state index in [1.807, 2.05) is 30.3 Å². The van der Waals surface area contributed by atoms with Crippen molar-refractivity contribution in [1.29, 1.82) is 0 Å². The molecular formula is C19H15Cl2N3O2. The third-order valence-electron chi connectivity index (χ3n) is 3.56. The maximum Gasteiger partial charge on any atom is 0.270 e. The first kappa shape index (κ1) is 18.2. The normalized spacial score (nSPS) is 10.4. The molecule has 0 fully saturated rings. The SMILES string of the molecule is O=C(NCc1ccc(Cl)cc1Cl)c1cc(OCc2ccccc2)ncn1. The lowest BCUT2D eigenvalue weighted by Crippen LogP contribution is -2.24. The predicted molar refractivity (Wildman–Crippen MR) is 100 cm³/mol. The quantitative estimate of drug-likeness (QED) is 0.684. The fraction of sp³-hybridized carbons (Fsp3) is 0.105. The molecular weight excluding hydrogens is 373 g/mol. The number of amides is 1. The highest BCUT2D eigenvalue weighted by Crippen LogP contribution is 2.20. The van der Waals surface area contributed by atoms with Gasteiger partial charge in [0.1, 0.15) is 18.6 Å². The van der Waals surface area contributed by atoms with Crippen LogP contribution in [0.15, 0.2) is 60.9 Å². The van der Waals surface area contributed by atoms with E-state index >= 15 is 0 Å². The molecule has 3 rings (SSSR count). The van der Waals surface area contributed by atoms with E-state index in [-0.39, 0.29) is 18.1 Å². The number of carbonyl (C=O) groups is 1. The standard InChI is InChI=1S/C19H15Cl2N3O2/c20-15-7-6-14(16(21)8-15)10-22-19(25)17-9-18(24-12-23-17)26-11-13-4-2-1-3-5-13/h1-9,12H,10-11H2,(H,22,25). The average Bonchev–Trinajstić information content (AvgIpc) is 2.66. The number of nitrogens with one attached hydrogen (secondary N) is 1. The minimum atomic E-state index is -0.344. The minimum Gasteiger partial charge on any atom is -0.473 e. The molecule has 0 bridgehead atoms. The summed E-state index contributed by atoms with van der Waals surface area (Å²) < 4.78 is 5.61. The minimum absolute atomic E-state index is 0.216. The van der Waals surface area contributed by atoms with E-state index in [4.69, 9.17) is 27.9 Å². The van der Waals surface area contributed by atoms with Crippen molar-refractivity contribution in [2.75, 3.05) is 0 Å². The van der Waals surface area contributed by atoms with Crippen molar-refractivity contribution in [2.24, 2.45) is 0 Å². The molecule has 3 aromatic rings. The molecule has 5 nitrogen and oxygen atoms in total. The topological polar surface area (TPSA) is 64.1 Å². The van der Waals surface area contributed by atoms with Gasteiger partial charge in [0.25, 0.3) is 5.91 Å². The van der Waals surface area contributed by atoms with Crippen LogP contribution in [0.5, 0.6) is 5.88 Å². The predicted octanol–water partition coefficient (Wildman–Crippen LogP) is 4.29. The Morgan fingerprint density at radius 1 is 1.04 bits per heavy atom. The van der Waals surface area contributed by atoms with Crippen LogP contribution in [0, 0.1) is 0 Å². The molecule has 0 atom stereocenters. The fourth-order valence-corrected chi connectivity index (χ4v) is 2.68. The summed E-state index contributed by atoms with van der Waals surface area (Å²) in [4.78, 5) is 20.3. The number of aromatic nitrogens is 2. The third kappa shape index (κ3) is 4.94. The first-order chi connectivity index (χ1) is 12.6. The number of hydrogen-bond donors (Lipinski definition) is 1. The molecule has 0 aliphatic rings. The highest BCUT2D eigenvalue weighted by atomic mass is 35.5. The average molecular weight is 388 g/mol. The molecule has 0 unspecified atom stereocenters. The summed E-state index contributed by atoms with van der Waals surface area (Å²) in [7, 11) is 0. The number of carbonyl (C=O) groups excluding carboxylic acids is 1. The number of rotatable bonds is 6. The molecule has 0 radical (unpaired) electrons. The van der Waals surface area contributed by atoms with Gasteiger partial charge in [0.15, 0.2) is 0 Å². The van der Waals surface area contributed by atoms with Gasteiger partial charge in [-0.25, -0.2) is 9.97 Å². The van der Waals surface area contributed by atoms with Gasteiger partial charge in [-0.05, 0) is 23.3 Å². The molecule has 132 valence electrons. The van der Waals surface area contributed by atoms with Gasteiger partial charge in [-0.2, -0.15) is 0 Å². The van der Waals surface area contributed by atoms with Gasteiger partial charge in [0.05, 0.1) is 0 Å². The van der Waals surface area contributed by atoms with E-state index in [1.165, 1.54) is 12.4 Å². The van der Waals surface area contributed by atoms with Gasteiger partial charge in [-0.15, -0.1) is 0 Å². The summed E-state index contributed by atoms with van der Waals surface area (Å²) in [6.07, 6.45) is 1.30. The number of benzene rings is 2. The molecule has 26 heavy (non-hydrogen) atoms. The molecule has 1 heterocycles. The van der Waals surface area contributed by atoms with E-state index < -0.39 is 0 Å². The molecule has 0 saturated carbocycles. The molecule has 0 spiro atoms. The smallest absolute Gasteiger partial charge is 0.270 e. The zero-order valence-corrected chi connectivity index (χ0v) is 15.2. The molecule has 1 N–H and O–H groups in total. The Bertz CT molecular complexity index is 904. The second kappa shape index (κ2) is 8.65. The Morgan fingerprint density at radius 3 is 2.62 bits per heavy atom. The molecule has 7 heteroatoms. The summed E-state index contributed by atoms with van der Waals surface area (Å²) in [5.74, 6) is -0.0125. The number of ether oxygens (including phenoxy) is 1. The number of halogens is 2. The molecule has 0 saturated heterocycles. The van der Waals surface area contributed by atoms with Crippen molar-refractivity contribution >= 4 is 29.1 Å². The molecule has 0 aliphatic carbocycles. The van der Waals surface area contributed by atoms with Gasteiger partial charge in [0.2, 0.25) is 5.88 Å². The molecule has 2 aromatic carbocycles. The molecule has 0 aliphatic heterocycles. The van der Waals surface area contributed by atoms with Crippen molar-refractivity contribution in [3.05, 3.63) is 87.8 Å². The van der Waals surface area contributed by atoms with E-state index in [0.717, 1.165) is 11.1 Å². The van der Waals surface area contributed by atoms with Crippen LogP contribution in [0.25, 0.3) is 0 Å². The lowest BCUT2D eigenvalue weighted by Gasteiger charge is -2.08. The summed E-state index contributed by atoms with van der Waals surface area (Å²) in [6, 6.07) is 16.3. The lowest BCUT2D eigenvalue weighted by molar-refractivity contribution is 0.0945. The first-order valence-corrected chi connectivity index (χ1v) is 8.58. The van der Waals surface area contributed by atoms with Crippen LogP contribution in [0.3, 0.4) is 0 Å². The Balaban J connectivity index is 1.60. The fourth-order valence-electron chi connectivity index (χ4n) is 2.21. The van der Waals surface area contributed by atoms with Crippen LogP contribution in [0.1, 0.15) is 21.6 Å². The number of hydrogen-bond acceptors (Lipinski definition) is 4. The Kier molecular flexibility index (Phi) is 6.04. The monoisotopic (exact) mass is 387 g/mol. The summed E-state index contributed by atoms with van der Waals surface area (Å²) in [5.41, 5.74) is 1.99. The van der Waals surface area contributed by atoms with E-state index in [9.17, 15) is 4.79 Å². The van der Waals surface area contributed by atoms with Crippen LogP contribution in [0.4, 0.5) is 0 Å². The van der Waals surface area contributed by atoms with Gasteiger partial charge in [0, 0.05) is 22.7 Å². The van der Waals surface area contributed by atoms with Crippen LogP contribution in [0.2, 0.25) is 10.0 Å². The van der Waals surface area contributed by atoms with Crippen LogP contribution in [-0.4, -0.2) is 15.9 Å². The zero-order chi connectivity index (χ0) is 18.4. The summed E-state index contributed by atoms with van der Waals surface area (Å²) in [5, 5.41) is 3.80. The van der Waals surface area contributed by atoms with E-state index in [1.54, 1.807) is 18.2 Å². The largest absolute Gasteiger partial charge is 0.473 e. The van der Waals surface area contributed by atoms with E-state index in [0.29, 0.717) is 22.5 Å². The molecule has 1 aromatic heterocycles. The Labute approximate surface area is 161 Å². The lowest BCUT2D eigenvalue weighted by atomic mass is 10.2. The van der Waals surface area contributed by atoms with E-state index in [2.05, 4.69) is 15.3 Å². The summed E-state index contributed by atoms with van der Waals surface area (Å²) >= 11 is 12.0. The van der Waals surface area contributed by atoms with Crippen molar-refractivity contribution in [3.63, 3.8) is 0 Å². The van der Waals surface area contributed by atoms with Gasteiger partial charge in [-0.1, -0.05) is 59.6 Å². The highest BCUT2D eigenvalue weighted by molar-refractivity contribution is 6.35. The van der Waals surface area contributed by atoms with Crippen molar-refractivity contribution in [2.45, 2.75) is 13.2 Å². The van der Waals surface area contributed by atoms with Crippen LogP contribution in [-0.2, 0) is 13.2 Å². The second-order valence-electron chi connectivity index (χ2n) is 5.43. The number of nitrogens with zero attached hydrogens (tertiary/aromatic N) is 2. The zero-order valence-electron chi connectivity index (χ0n) is 13.7. The van der Waals surface area contributed by atoms with Crippen LogP contribution >= 0.6 is 23.2 Å². The van der Waals surface area contributed by atoms with Crippen molar-refractivity contribution in [3.8, 4) is 5.88 Å². The van der Waals surface area contributed by atoms with Crippen molar-refractivity contribution in [1.82, 2.24) is 15.3 Å². The third-order valence-corrected chi connectivity index (χ3v) is 4.15. The van der Waals surface area contributed by atoms with Crippen LogP contribution < -0.4 is 10.1 Å². The highest BCUT2D eigenvalue weighted by Gasteiger charge is 2.10. The van der Waals surface area contributed by atoms with Gasteiger partial charge >= 0.3 is 0 Å². The Morgan fingerprint density at radius 2 is 1.85 bits per heavy atom. The molecule has 1 amide bonds. The maximum absolute atomic E-state index is 12.3. The van der Waals surface area contributed by atoms with Gasteiger partial charge < -0.3 is 10.1 Å². The Hall–Kier alpha value is -2.63. The van der Waals surface area contributed by atoms with Crippen molar-refractivity contribution < 1.29 is 9.53 Å². The summed E-state index contributed by atoms with van der Waals surface area (Å²) in [6.45, 7) is 0.623. The first-order valence-electron chi connectivity index (χ1n) is 7.83. The van der Waals surface area contributed by atoms with Gasteiger partial charge in [-0.3, -0.25) is 4.79 Å². The second-order valence-corrected chi connectivity index (χ2v) is 6.28.